The number of halogens is 3. The molecule has 0 bridgehead atoms. The summed E-state index contributed by atoms with van der Waals surface area (Å²) in [5.41, 5.74) is 0.152. The highest BCUT2D eigenvalue weighted by atomic mass is 35.5. The van der Waals surface area contributed by atoms with Gasteiger partial charge in [-0.15, -0.1) is 0 Å². The van der Waals surface area contributed by atoms with Crippen molar-refractivity contribution in [3.8, 4) is 11.4 Å². The first kappa shape index (κ1) is 9.98. The normalized spacial score (nSPS) is 10.3. The van der Waals surface area contributed by atoms with E-state index in [-0.39, 0.29) is 16.4 Å². The van der Waals surface area contributed by atoms with Crippen LogP contribution < -0.4 is 0 Å². The van der Waals surface area contributed by atoms with Gasteiger partial charge in [0.25, 0.3) is 0 Å². The summed E-state index contributed by atoms with van der Waals surface area (Å²) >= 11 is 5.73. The van der Waals surface area contributed by atoms with Crippen molar-refractivity contribution in [2.24, 2.45) is 0 Å². The van der Waals surface area contributed by atoms with Crippen LogP contribution >= 0.6 is 11.6 Å². The molecule has 0 amide bonds. The van der Waals surface area contributed by atoms with E-state index in [0.717, 1.165) is 12.3 Å². The first-order valence-electron chi connectivity index (χ1n) is 4.10. The smallest absolute Gasteiger partial charge is 0.151 e. The fraction of sp³-hybridized carbons (Fsp3) is 0. The highest BCUT2D eigenvalue weighted by Crippen LogP contribution is 2.25. The van der Waals surface area contributed by atoms with E-state index in [1.807, 2.05) is 0 Å². The molecule has 0 saturated heterocycles. The van der Waals surface area contributed by atoms with E-state index in [1.165, 1.54) is 18.3 Å². The second kappa shape index (κ2) is 3.90. The molecule has 2 aromatic heterocycles. The van der Waals surface area contributed by atoms with Gasteiger partial charge in [-0.2, -0.15) is 0 Å². The molecule has 2 rings (SSSR count). The van der Waals surface area contributed by atoms with Gasteiger partial charge < -0.3 is 0 Å². The zero-order chi connectivity index (χ0) is 10.8. The summed E-state index contributed by atoms with van der Waals surface area (Å²) in [4.78, 5) is 7.49. The molecule has 0 atom stereocenters. The van der Waals surface area contributed by atoms with E-state index in [1.54, 1.807) is 0 Å². The summed E-state index contributed by atoms with van der Waals surface area (Å²) < 4.78 is 26.0. The van der Waals surface area contributed by atoms with Crippen LogP contribution in [0.1, 0.15) is 0 Å². The molecule has 0 aliphatic carbocycles. The van der Waals surface area contributed by atoms with Crippen LogP contribution in [0.4, 0.5) is 8.78 Å². The summed E-state index contributed by atoms with van der Waals surface area (Å²) in [6.45, 7) is 0. The van der Waals surface area contributed by atoms with Crippen molar-refractivity contribution in [3.63, 3.8) is 0 Å². The van der Waals surface area contributed by atoms with Crippen molar-refractivity contribution in [1.82, 2.24) is 9.97 Å². The first-order chi connectivity index (χ1) is 7.18. The Balaban J connectivity index is 2.60. The molecule has 0 fully saturated rings. The molecule has 0 saturated carbocycles. The molecular weight excluding hydrogens is 222 g/mol. The number of aromatic nitrogens is 2. The second-order valence-electron chi connectivity index (χ2n) is 2.82. The van der Waals surface area contributed by atoms with Crippen LogP contribution in [-0.2, 0) is 0 Å². The van der Waals surface area contributed by atoms with Gasteiger partial charge in [0.1, 0.15) is 17.2 Å². The lowest BCUT2D eigenvalue weighted by Crippen LogP contribution is -1.93. The maximum absolute atomic E-state index is 13.3. The van der Waals surface area contributed by atoms with Gasteiger partial charge in [-0.05, 0) is 18.2 Å². The average molecular weight is 227 g/mol. The van der Waals surface area contributed by atoms with Gasteiger partial charge >= 0.3 is 0 Å². The zero-order valence-corrected chi connectivity index (χ0v) is 8.17. The Kier molecular flexibility index (Phi) is 2.60. The molecule has 0 spiro atoms. The third kappa shape index (κ3) is 1.94. The Morgan fingerprint density at radius 2 is 1.93 bits per heavy atom. The highest BCUT2D eigenvalue weighted by Gasteiger charge is 2.11. The fourth-order valence-electron chi connectivity index (χ4n) is 1.15. The summed E-state index contributed by atoms with van der Waals surface area (Å²) in [5, 5.41) is 0.0348. The zero-order valence-electron chi connectivity index (χ0n) is 7.42. The summed E-state index contributed by atoms with van der Waals surface area (Å²) in [7, 11) is 0. The van der Waals surface area contributed by atoms with Gasteiger partial charge in [-0.1, -0.05) is 11.6 Å². The number of hydrogen-bond donors (Lipinski definition) is 0. The predicted octanol–water partition coefficient (Wildman–Crippen LogP) is 3.08. The summed E-state index contributed by atoms with van der Waals surface area (Å²) in [5.74, 6) is -1.11. The van der Waals surface area contributed by atoms with Crippen LogP contribution in [0, 0.1) is 11.6 Å². The van der Waals surface area contributed by atoms with E-state index < -0.39 is 11.6 Å². The lowest BCUT2D eigenvalue weighted by Gasteiger charge is -2.02. The Morgan fingerprint density at radius 1 is 1.13 bits per heavy atom. The number of pyridine rings is 2. The molecule has 2 heterocycles. The quantitative estimate of drug-likeness (QED) is 0.747. The number of rotatable bonds is 1. The van der Waals surface area contributed by atoms with Gasteiger partial charge in [0.2, 0.25) is 0 Å². The van der Waals surface area contributed by atoms with Crippen molar-refractivity contribution < 1.29 is 8.78 Å². The molecule has 0 aliphatic rings. The van der Waals surface area contributed by atoms with E-state index in [4.69, 9.17) is 11.6 Å². The third-order valence-electron chi connectivity index (χ3n) is 1.79. The van der Waals surface area contributed by atoms with Gasteiger partial charge in [0.15, 0.2) is 5.82 Å². The standard InChI is InChI=1S/C10H5ClF2N2/c11-7-4-6(12)5-15-9(7)10-8(13)2-1-3-14-10/h1-5H. The van der Waals surface area contributed by atoms with Crippen LogP contribution in [0.5, 0.6) is 0 Å². The topological polar surface area (TPSA) is 25.8 Å². The van der Waals surface area contributed by atoms with E-state index in [2.05, 4.69) is 9.97 Å². The van der Waals surface area contributed by atoms with E-state index in [0.29, 0.717) is 0 Å². The minimum Gasteiger partial charge on any atom is -0.251 e. The van der Waals surface area contributed by atoms with Crippen LogP contribution in [0.25, 0.3) is 11.4 Å². The number of hydrogen-bond acceptors (Lipinski definition) is 2. The van der Waals surface area contributed by atoms with Crippen LogP contribution in [0.3, 0.4) is 0 Å². The van der Waals surface area contributed by atoms with Crippen molar-refractivity contribution in [2.45, 2.75) is 0 Å². The van der Waals surface area contributed by atoms with Crippen LogP contribution in [0.15, 0.2) is 30.6 Å². The molecular formula is C10H5ClF2N2. The lowest BCUT2D eigenvalue weighted by atomic mass is 10.2. The van der Waals surface area contributed by atoms with Crippen LogP contribution in [0.2, 0.25) is 5.02 Å². The monoisotopic (exact) mass is 226 g/mol. The Bertz CT molecular complexity index is 503. The Labute approximate surface area is 89.6 Å². The molecule has 76 valence electrons. The van der Waals surface area contributed by atoms with Crippen LogP contribution in [-0.4, -0.2) is 9.97 Å². The average Bonchev–Trinajstić information content (AvgIpc) is 2.20. The molecule has 0 N–H and O–H groups in total. The van der Waals surface area contributed by atoms with Gasteiger partial charge in [-0.3, -0.25) is 4.98 Å². The Hall–Kier alpha value is -1.55. The molecule has 2 aromatic rings. The fourth-order valence-corrected chi connectivity index (χ4v) is 1.39. The van der Waals surface area contributed by atoms with Crippen molar-refractivity contribution >= 4 is 11.6 Å². The van der Waals surface area contributed by atoms with E-state index in [9.17, 15) is 8.78 Å². The largest absolute Gasteiger partial charge is 0.251 e. The third-order valence-corrected chi connectivity index (χ3v) is 2.08. The second-order valence-corrected chi connectivity index (χ2v) is 3.22. The maximum Gasteiger partial charge on any atom is 0.151 e. The van der Waals surface area contributed by atoms with Crippen molar-refractivity contribution in [1.29, 1.82) is 0 Å². The Morgan fingerprint density at radius 3 is 2.60 bits per heavy atom. The lowest BCUT2D eigenvalue weighted by molar-refractivity contribution is 0.617. The minimum absolute atomic E-state index is 0.0162. The van der Waals surface area contributed by atoms with Gasteiger partial charge in [-0.25, -0.2) is 13.8 Å². The van der Waals surface area contributed by atoms with Crippen molar-refractivity contribution in [2.75, 3.05) is 0 Å². The molecule has 5 heteroatoms. The molecule has 0 aliphatic heterocycles. The molecule has 2 nitrogen and oxygen atoms in total. The minimum atomic E-state index is -0.569. The van der Waals surface area contributed by atoms with Crippen molar-refractivity contribution in [3.05, 3.63) is 47.2 Å². The summed E-state index contributed by atoms with van der Waals surface area (Å²) in [6.07, 6.45) is 2.38. The first-order valence-corrected chi connectivity index (χ1v) is 4.48. The number of nitrogens with zero attached hydrogens (tertiary/aromatic N) is 2. The molecule has 0 aromatic carbocycles. The predicted molar refractivity (Wildman–Crippen MR) is 52.4 cm³/mol. The van der Waals surface area contributed by atoms with Gasteiger partial charge in [0, 0.05) is 6.20 Å². The molecule has 0 unspecified atom stereocenters. The SMILES string of the molecule is Fc1cnc(-c2ncccc2F)c(Cl)c1. The van der Waals surface area contributed by atoms with E-state index >= 15 is 0 Å². The maximum atomic E-state index is 13.3. The molecule has 15 heavy (non-hydrogen) atoms. The highest BCUT2D eigenvalue weighted by molar-refractivity contribution is 6.32. The summed E-state index contributed by atoms with van der Waals surface area (Å²) in [6, 6.07) is 3.76. The molecule has 0 radical (unpaired) electrons. The van der Waals surface area contributed by atoms with Gasteiger partial charge in [0.05, 0.1) is 11.2 Å².